The van der Waals surface area contributed by atoms with Gasteiger partial charge in [-0.05, 0) is 12.8 Å². The number of nitrogens with zero attached hydrogens (tertiary/aromatic N) is 1. The molecule has 5 amide bonds. The SMILES string of the molecule is O=CCCC(=O)NOC(=O)NCCCC1OCC2(CO1)COC(CCCNC(=O)ON1C(=O)CCC1=O)OC2. The van der Waals surface area contributed by atoms with Gasteiger partial charge in [-0.25, -0.2) is 9.59 Å². The first-order chi connectivity index (χ1) is 18.8. The molecule has 16 heteroatoms. The molecule has 39 heavy (non-hydrogen) atoms. The maximum atomic E-state index is 11.7. The van der Waals surface area contributed by atoms with Crippen molar-refractivity contribution in [2.45, 2.75) is 63.9 Å². The zero-order valence-electron chi connectivity index (χ0n) is 21.5. The van der Waals surface area contributed by atoms with Crippen LogP contribution in [0.5, 0.6) is 0 Å². The predicted molar refractivity (Wildman–Crippen MR) is 126 cm³/mol. The third-order valence-corrected chi connectivity index (χ3v) is 6.00. The Balaban J connectivity index is 1.19. The second-order valence-electron chi connectivity index (χ2n) is 9.32. The molecule has 3 fully saturated rings. The fraction of sp³-hybridized carbons (Fsp3) is 0.739. The smallest absolute Gasteiger partial charge is 0.352 e. The minimum Gasteiger partial charge on any atom is -0.352 e. The lowest BCUT2D eigenvalue weighted by Crippen LogP contribution is -2.52. The topological polar surface area (TPSA) is 197 Å². The van der Waals surface area contributed by atoms with Crippen LogP contribution in [0.3, 0.4) is 0 Å². The van der Waals surface area contributed by atoms with Crippen LogP contribution in [0.1, 0.15) is 51.4 Å². The monoisotopic (exact) mass is 558 g/mol. The van der Waals surface area contributed by atoms with Crippen LogP contribution in [0.2, 0.25) is 0 Å². The summed E-state index contributed by atoms with van der Waals surface area (Å²) in [5.74, 6) is -1.65. The van der Waals surface area contributed by atoms with Gasteiger partial charge in [-0.2, -0.15) is 5.48 Å². The van der Waals surface area contributed by atoms with E-state index >= 15 is 0 Å². The summed E-state index contributed by atoms with van der Waals surface area (Å²) in [6.45, 7) is 2.06. The van der Waals surface area contributed by atoms with Gasteiger partial charge in [0.2, 0.25) is 0 Å². The summed E-state index contributed by atoms with van der Waals surface area (Å²) in [5.41, 5.74) is 1.53. The average Bonchev–Trinajstić information content (AvgIpc) is 3.25. The summed E-state index contributed by atoms with van der Waals surface area (Å²) in [7, 11) is 0. The predicted octanol–water partition coefficient (Wildman–Crippen LogP) is -0.194. The maximum absolute atomic E-state index is 11.7. The van der Waals surface area contributed by atoms with E-state index in [1.807, 2.05) is 5.48 Å². The van der Waals surface area contributed by atoms with E-state index in [0.29, 0.717) is 63.5 Å². The summed E-state index contributed by atoms with van der Waals surface area (Å²) in [4.78, 5) is 77.0. The fourth-order valence-electron chi connectivity index (χ4n) is 3.83. The number of carbonyl (C=O) groups excluding carboxylic acids is 6. The van der Waals surface area contributed by atoms with Crippen LogP contribution < -0.4 is 16.1 Å². The number of rotatable bonds is 12. The molecule has 0 aliphatic carbocycles. The van der Waals surface area contributed by atoms with Crippen molar-refractivity contribution in [2.24, 2.45) is 5.41 Å². The van der Waals surface area contributed by atoms with Crippen molar-refractivity contribution in [3.8, 4) is 0 Å². The highest BCUT2D eigenvalue weighted by molar-refractivity contribution is 6.01. The van der Waals surface area contributed by atoms with Crippen LogP contribution in [0.15, 0.2) is 0 Å². The Hall–Kier alpha value is -3.34. The van der Waals surface area contributed by atoms with Crippen molar-refractivity contribution in [3.05, 3.63) is 0 Å². The number of aldehydes is 1. The third kappa shape index (κ3) is 10.0. The van der Waals surface area contributed by atoms with Gasteiger partial charge < -0.3 is 44.1 Å². The highest BCUT2D eigenvalue weighted by atomic mass is 16.7. The Morgan fingerprint density at radius 2 is 1.38 bits per heavy atom. The minimum atomic E-state index is -0.874. The van der Waals surface area contributed by atoms with E-state index in [1.54, 1.807) is 0 Å². The van der Waals surface area contributed by atoms with Crippen LogP contribution in [-0.4, -0.2) is 93.4 Å². The molecule has 0 radical (unpaired) electrons. The van der Waals surface area contributed by atoms with Crippen molar-refractivity contribution in [2.75, 3.05) is 39.5 Å². The molecule has 0 aromatic heterocycles. The minimum absolute atomic E-state index is 0.0331. The molecule has 3 saturated heterocycles. The Morgan fingerprint density at radius 3 is 1.90 bits per heavy atom. The summed E-state index contributed by atoms with van der Waals surface area (Å²) in [6.07, 6.45) is 0.196. The molecule has 0 saturated carbocycles. The normalized spacial score (nSPS) is 24.8. The summed E-state index contributed by atoms with van der Waals surface area (Å²) in [6, 6.07) is 0. The summed E-state index contributed by atoms with van der Waals surface area (Å²) >= 11 is 0. The van der Waals surface area contributed by atoms with Gasteiger partial charge in [0, 0.05) is 51.6 Å². The van der Waals surface area contributed by atoms with Crippen molar-refractivity contribution in [1.29, 1.82) is 0 Å². The molecule has 0 aromatic rings. The zero-order valence-corrected chi connectivity index (χ0v) is 21.5. The molecule has 3 heterocycles. The van der Waals surface area contributed by atoms with E-state index in [1.165, 1.54) is 0 Å². The van der Waals surface area contributed by atoms with E-state index in [-0.39, 0.29) is 38.8 Å². The van der Waals surface area contributed by atoms with Gasteiger partial charge in [-0.3, -0.25) is 14.4 Å². The zero-order chi connectivity index (χ0) is 28.1. The number of carbonyl (C=O) groups is 6. The van der Waals surface area contributed by atoms with Gasteiger partial charge in [0.1, 0.15) is 6.29 Å². The largest absolute Gasteiger partial charge is 0.432 e. The number of amides is 5. The molecule has 3 rings (SSSR count). The molecular formula is C23H34N4O12. The van der Waals surface area contributed by atoms with Crippen LogP contribution in [-0.2, 0) is 47.8 Å². The molecule has 1 spiro atoms. The Labute approximate surface area is 224 Å². The van der Waals surface area contributed by atoms with Gasteiger partial charge in [0.25, 0.3) is 17.7 Å². The van der Waals surface area contributed by atoms with Gasteiger partial charge >= 0.3 is 12.2 Å². The lowest BCUT2D eigenvalue weighted by molar-refractivity contribution is -0.304. The van der Waals surface area contributed by atoms with Crippen molar-refractivity contribution in [3.63, 3.8) is 0 Å². The van der Waals surface area contributed by atoms with Crippen LogP contribution in [0, 0.1) is 5.41 Å². The van der Waals surface area contributed by atoms with E-state index in [4.69, 9.17) is 23.8 Å². The molecular weight excluding hydrogens is 524 g/mol. The Kier molecular flexibility index (Phi) is 11.9. The van der Waals surface area contributed by atoms with E-state index in [0.717, 1.165) is 0 Å². The van der Waals surface area contributed by atoms with Crippen molar-refractivity contribution in [1.82, 2.24) is 21.2 Å². The summed E-state index contributed by atoms with van der Waals surface area (Å²) < 4.78 is 23.2. The molecule has 0 atom stereocenters. The number of hydrogen-bond acceptors (Lipinski definition) is 12. The van der Waals surface area contributed by atoms with Gasteiger partial charge in [-0.15, -0.1) is 5.06 Å². The maximum Gasteiger partial charge on any atom is 0.432 e. The Bertz CT molecular complexity index is 866. The number of imide groups is 1. The molecule has 0 unspecified atom stereocenters. The first-order valence-corrected chi connectivity index (χ1v) is 12.8. The van der Waals surface area contributed by atoms with Gasteiger partial charge in [-0.1, -0.05) is 0 Å². The molecule has 3 aliphatic heterocycles. The standard InChI is InChI=1S/C23H34N4O12/c28-11-3-4-16(29)26-38-21(32)24-9-1-5-19-34-12-23(13-35-19)14-36-20(37-15-23)6-2-10-25-22(33)39-27-17(30)7-8-18(27)31/h11,19-20H,1-10,12-15H2,(H,24,32)(H,25,33)(H,26,29). The van der Waals surface area contributed by atoms with Crippen LogP contribution in [0.25, 0.3) is 0 Å². The fourth-order valence-corrected chi connectivity index (χ4v) is 3.83. The molecule has 0 aromatic carbocycles. The summed E-state index contributed by atoms with van der Waals surface area (Å²) in [5, 5.41) is 5.45. The Morgan fingerprint density at radius 1 is 0.872 bits per heavy atom. The lowest BCUT2D eigenvalue weighted by Gasteiger charge is -2.43. The van der Waals surface area contributed by atoms with E-state index in [9.17, 15) is 28.8 Å². The third-order valence-electron chi connectivity index (χ3n) is 6.00. The second kappa shape index (κ2) is 15.3. The average molecular weight is 559 g/mol. The molecule has 3 aliphatic rings. The van der Waals surface area contributed by atoms with Crippen LogP contribution in [0.4, 0.5) is 9.59 Å². The molecule has 3 N–H and O–H groups in total. The highest BCUT2D eigenvalue weighted by Crippen LogP contribution is 2.31. The number of hydroxylamine groups is 3. The number of nitrogens with one attached hydrogen (secondary N) is 3. The quantitative estimate of drug-likeness (QED) is 0.124. The van der Waals surface area contributed by atoms with Gasteiger partial charge in [0.15, 0.2) is 12.6 Å². The second-order valence-corrected chi connectivity index (χ2v) is 9.32. The van der Waals surface area contributed by atoms with E-state index < -0.39 is 47.9 Å². The van der Waals surface area contributed by atoms with Crippen molar-refractivity contribution < 1.29 is 57.4 Å². The van der Waals surface area contributed by atoms with E-state index in [2.05, 4.69) is 15.5 Å². The first-order valence-electron chi connectivity index (χ1n) is 12.8. The first kappa shape index (κ1) is 30.2. The molecule has 0 bridgehead atoms. The van der Waals surface area contributed by atoms with Gasteiger partial charge in [0.05, 0.1) is 31.8 Å². The lowest BCUT2D eigenvalue weighted by atomic mass is 9.90. The van der Waals surface area contributed by atoms with Crippen molar-refractivity contribution >= 4 is 36.2 Å². The number of hydrogen-bond donors (Lipinski definition) is 3. The highest BCUT2D eigenvalue weighted by Gasteiger charge is 2.41. The number of ether oxygens (including phenoxy) is 4. The molecule has 218 valence electrons. The van der Waals surface area contributed by atoms with Crippen LogP contribution >= 0.6 is 0 Å². The molecule has 16 nitrogen and oxygen atoms in total.